The van der Waals surface area contributed by atoms with Gasteiger partial charge in [0, 0.05) is 11.6 Å². The molecule has 0 atom stereocenters. The molecule has 4 heteroatoms. The second kappa shape index (κ2) is 13.7. The Morgan fingerprint density at radius 1 is 1.36 bits per heavy atom. The summed E-state index contributed by atoms with van der Waals surface area (Å²) in [5.41, 5.74) is 0.433. The fourth-order valence-electron chi connectivity index (χ4n) is 0.174. The lowest BCUT2D eigenvalue weighted by atomic mass is 10.4. The molecule has 0 aliphatic carbocycles. The topological polar surface area (TPSA) is 63.6 Å². The number of aliphatic carboxylic acids is 1. The van der Waals surface area contributed by atoms with Crippen LogP contribution >= 0.6 is 0 Å². The van der Waals surface area contributed by atoms with Crippen molar-refractivity contribution in [2.24, 2.45) is 0 Å². The first-order valence-electron chi connectivity index (χ1n) is 3.54. The van der Waals surface area contributed by atoms with Crippen LogP contribution in [0.25, 0.3) is 0 Å². The normalized spacial score (nSPS) is 6.43. The van der Waals surface area contributed by atoms with E-state index in [0.717, 1.165) is 6.08 Å². The van der Waals surface area contributed by atoms with Crippen molar-refractivity contribution >= 4 is 11.9 Å². The molecule has 80 valence electrons. The highest BCUT2D eigenvalue weighted by Gasteiger charge is 1.95. The van der Waals surface area contributed by atoms with Gasteiger partial charge < -0.3 is 9.84 Å². The lowest BCUT2D eigenvalue weighted by Gasteiger charge is -1.91. The Morgan fingerprint density at radius 3 is 1.64 bits per heavy atom. The van der Waals surface area contributed by atoms with Crippen molar-refractivity contribution in [2.75, 3.05) is 7.11 Å². The molecule has 0 fully saturated rings. The van der Waals surface area contributed by atoms with Gasteiger partial charge in [-0.3, -0.25) is 0 Å². The van der Waals surface area contributed by atoms with Crippen LogP contribution in [0.3, 0.4) is 0 Å². The fraction of sp³-hybridized carbons (Fsp3) is 0.200. The molecule has 0 radical (unpaired) electrons. The monoisotopic (exact) mass is 200 g/mol. The van der Waals surface area contributed by atoms with Crippen LogP contribution in [-0.4, -0.2) is 24.2 Å². The molecule has 0 spiro atoms. The van der Waals surface area contributed by atoms with E-state index < -0.39 is 5.97 Å². The smallest absolute Gasteiger partial charge is 0.332 e. The summed E-state index contributed by atoms with van der Waals surface area (Å²) >= 11 is 0. The van der Waals surface area contributed by atoms with Crippen LogP contribution in [0, 0.1) is 0 Å². The Bertz CT molecular complexity index is 206. The first-order valence-corrected chi connectivity index (χ1v) is 3.54. The molecule has 0 saturated carbocycles. The number of esters is 1. The molecule has 1 N–H and O–H groups in total. The third-order valence-electron chi connectivity index (χ3n) is 0.708. The summed E-state index contributed by atoms with van der Waals surface area (Å²) in [6.45, 7) is 13.9. The van der Waals surface area contributed by atoms with Crippen LogP contribution in [0.2, 0.25) is 0 Å². The zero-order valence-corrected chi connectivity index (χ0v) is 8.58. The Kier molecular flexibility index (Phi) is 17.7. The minimum atomic E-state index is -0.981. The maximum atomic E-state index is 10.2. The summed E-state index contributed by atoms with van der Waals surface area (Å²) in [5, 5.41) is 7.60. The zero-order valence-electron chi connectivity index (χ0n) is 8.58. The number of carboxylic acid groups (broad SMARTS) is 1. The predicted molar refractivity (Wildman–Crippen MR) is 55.9 cm³/mol. The van der Waals surface area contributed by atoms with E-state index >= 15 is 0 Å². The van der Waals surface area contributed by atoms with E-state index in [4.69, 9.17) is 5.11 Å². The van der Waals surface area contributed by atoms with Crippen molar-refractivity contribution in [3.05, 3.63) is 38.0 Å². The second-order valence-electron chi connectivity index (χ2n) is 1.81. The molecule has 0 saturated heterocycles. The van der Waals surface area contributed by atoms with Gasteiger partial charge in [-0.05, 0) is 6.92 Å². The van der Waals surface area contributed by atoms with Crippen LogP contribution in [0.5, 0.6) is 0 Å². The van der Waals surface area contributed by atoms with Crippen molar-refractivity contribution in [3.63, 3.8) is 0 Å². The molecule has 0 rings (SSSR count). The van der Waals surface area contributed by atoms with Crippen LogP contribution in [0.15, 0.2) is 38.0 Å². The molecule has 0 aromatic rings. The first kappa shape index (κ1) is 18.0. The highest BCUT2D eigenvalue weighted by Crippen LogP contribution is 1.87. The average Bonchev–Trinajstić information content (AvgIpc) is 2.20. The Hall–Kier alpha value is -1.84. The molecule has 0 aliphatic heterocycles. The van der Waals surface area contributed by atoms with Gasteiger partial charge >= 0.3 is 11.9 Å². The molecular weight excluding hydrogens is 184 g/mol. The average molecular weight is 200 g/mol. The molecule has 14 heavy (non-hydrogen) atoms. The molecule has 4 nitrogen and oxygen atoms in total. The largest absolute Gasteiger partial charge is 0.478 e. The van der Waals surface area contributed by atoms with Crippen LogP contribution < -0.4 is 0 Å². The minimum Gasteiger partial charge on any atom is -0.478 e. The molecule has 0 unspecified atom stereocenters. The summed E-state index contributed by atoms with van der Waals surface area (Å²) in [4.78, 5) is 19.4. The van der Waals surface area contributed by atoms with Gasteiger partial charge in [-0.15, -0.1) is 13.2 Å². The highest BCUT2D eigenvalue weighted by atomic mass is 16.5. The molecule has 0 aromatic heterocycles. The SMILES string of the molecule is C=C.C=C(C)C(=O)OC.C=CC(=O)O. The predicted octanol–water partition coefficient (Wildman–Crippen LogP) is 1.79. The van der Waals surface area contributed by atoms with Crippen molar-refractivity contribution in [2.45, 2.75) is 6.92 Å². The van der Waals surface area contributed by atoms with Gasteiger partial charge in [-0.25, -0.2) is 9.59 Å². The Labute approximate surface area is 84.2 Å². The summed E-state index contributed by atoms with van der Waals surface area (Å²) in [6, 6.07) is 0. The van der Waals surface area contributed by atoms with E-state index in [0.29, 0.717) is 5.57 Å². The Morgan fingerprint density at radius 2 is 1.64 bits per heavy atom. The highest BCUT2D eigenvalue weighted by molar-refractivity contribution is 5.86. The number of ether oxygens (including phenoxy) is 1. The number of hydrogen-bond donors (Lipinski definition) is 1. The van der Waals surface area contributed by atoms with Gasteiger partial charge in [0.2, 0.25) is 0 Å². The van der Waals surface area contributed by atoms with E-state index in [1.807, 2.05) is 0 Å². The minimum absolute atomic E-state index is 0.347. The second-order valence-corrected chi connectivity index (χ2v) is 1.81. The van der Waals surface area contributed by atoms with Crippen molar-refractivity contribution in [1.29, 1.82) is 0 Å². The van der Waals surface area contributed by atoms with Gasteiger partial charge in [0.05, 0.1) is 7.11 Å². The van der Waals surface area contributed by atoms with Gasteiger partial charge in [-0.1, -0.05) is 13.2 Å². The fourth-order valence-corrected chi connectivity index (χ4v) is 0.174. The van der Waals surface area contributed by atoms with Gasteiger partial charge in [0.1, 0.15) is 0 Å². The summed E-state index contributed by atoms with van der Waals surface area (Å²) in [5.74, 6) is -1.33. The van der Waals surface area contributed by atoms with Crippen molar-refractivity contribution in [3.8, 4) is 0 Å². The van der Waals surface area contributed by atoms with Crippen LogP contribution in [-0.2, 0) is 14.3 Å². The maximum absolute atomic E-state index is 10.2. The van der Waals surface area contributed by atoms with E-state index in [-0.39, 0.29) is 5.97 Å². The van der Waals surface area contributed by atoms with Gasteiger partial charge in [0.15, 0.2) is 0 Å². The number of carbonyl (C=O) groups is 2. The third-order valence-corrected chi connectivity index (χ3v) is 0.708. The lowest BCUT2D eigenvalue weighted by molar-refractivity contribution is -0.136. The molecule has 0 aliphatic rings. The molecule has 0 aromatic carbocycles. The number of carbonyl (C=O) groups excluding carboxylic acids is 1. The summed E-state index contributed by atoms with van der Waals surface area (Å²) in [7, 11) is 1.33. The quantitative estimate of drug-likeness (QED) is 0.419. The molecular formula is C10H16O4. The van der Waals surface area contributed by atoms with Crippen molar-refractivity contribution < 1.29 is 19.4 Å². The molecule has 0 amide bonds. The summed E-state index contributed by atoms with van der Waals surface area (Å²) < 4.78 is 4.27. The van der Waals surface area contributed by atoms with Crippen LogP contribution in [0.1, 0.15) is 6.92 Å². The Balaban J connectivity index is -0.000000152. The first-order chi connectivity index (χ1) is 6.45. The van der Waals surface area contributed by atoms with Crippen LogP contribution in [0.4, 0.5) is 0 Å². The lowest BCUT2D eigenvalue weighted by Crippen LogP contribution is -1.98. The maximum Gasteiger partial charge on any atom is 0.332 e. The summed E-state index contributed by atoms with van der Waals surface area (Å²) in [6.07, 6.45) is 0.833. The standard InChI is InChI=1S/C5H8O2.C3H4O2.C2H4/c1-4(2)5(6)7-3;1-2-3(4)5;1-2/h1H2,2-3H3;2H,1H2,(H,4,5);1-2H2. The zero-order chi connectivity index (χ0) is 12.1. The molecule has 0 heterocycles. The number of hydrogen-bond acceptors (Lipinski definition) is 3. The van der Waals surface area contributed by atoms with E-state index in [1.165, 1.54) is 7.11 Å². The number of carboxylic acids is 1. The van der Waals surface area contributed by atoms with Gasteiger partial charge in [0.25, 0.3) is 0 Å². The number of rotatable bonds is 2. The molecule has 0 bridgehead atoms. The van der Waals surface area contributed by atoms with E-state index in [9.17, 15) is 9.59 Å². The van der Waals surface area contributed by atoms with Crippen molar-refractivity contribution in [1.82, 2.24) is 0 Å². The third kappa shape index (κ3) is 22.5. The van der Waals surface area contributed by atoms with Gasteiger partial charge in [-0.2, -0.15) is 0 Å². The van der Waals surface area contributed by atoms with E-state index in [2.05, 4.69) is 31.1 Å². The number of methoxy groups -OCH3 is 1. The van der Waals surface area contributed by atoms with E-state index in [1.54, 1.807) is 6.92 Å².